The zero-order chi connectivity index (χ0) is 13.3. The van der Waals surface area contributed by atoms with Crippen LogP contribution in [0.5, 0.6) is 0 Å². The third-order valence-corrected chi connectivity index (χ3v) is 3.41. The molecule has 98 valence electrons. The lowest BCUT2D eigenvalue weighted by atomic mass is 9.96. The molecular formula is C11H16N4O3. The van der Waals surface area contributed by atoms with E-state index in [1.807, 2.05) is 6.92 Å². The van der Waals surface area contributed by atoms with Gasteiger partial charge >= 0.3 is 5.82 Å². The maximum absolute atomic E-state index is 12.0. The Hall–Kier alpha value is -1.89. The largest absolute Gasteiger partial charge is 0.358 e. The molecule has 0 aromatic carbocycles. The fourth-order valence-corrected chi connectivity index (χ4v) is 1.99. The van der Waals surface area contributed by atoms with Crippen molar-refractivity contribution in [3.05, 3.63) is 27.9 Å². The molecule has 1 aliphatic carbocycles. The van der Waals surface area contributed by atoms with E-state index in [1.54, 1.807) is 0 Å². The maximum atomic E-state index is 12.0. The van der Waals surface area contributed by atoms with Crippen molar-refractivity contribution in [2.45, 2.75) is 25.3 Å². The number of aromatic nitrogens is 1. The van der Waals surface area contributed by atoms with Gasteiger partial charge in [0.1, 0.15) is 0 Å². The molecule has 1 aliphatic rings. The Kier molecular flexibility index (Phi) is 3.08. The molecule has 0 spiro atoms. The number of carbonyl (C=O) groups is 1. The Morgan fingerprint density at radius 2 is 2.33 bits per heavy atom. The van der Waals surface area contributed by atoms with Gasteiger partial charge in [0.05, 0.1) is 5.54 Å². The first-order chi connectivity index (χ1) is 8.46. The van der Waals surface area contributed by atoms with Crippen LogP contribution in [0.3, 0.4) is 0 Å². The molecule has 1 aromatic heterocycles. The number of aromatic amines is 1. The summed E-state index contributed by atoms with van der Waals surface area (Å²) in [5, 5.41) is 13.4. The minimum Gasteiger partial charge on any atom is -0.358 e. The summed E-state index contributed by atoms with van der Waals surface area (Å²) in [6.45, 7) is 2.26. The minimum atomic E-state index is -0.570. The second-order valence-electron chi connectivity index (χ2n) is 4.86. The highest BCUT2D eigenvalue weighted by atomic mass is 16.6. The predicted octanol–water partition coefficient (Wildman–Crippen LogP) is 0.780. The molecular weight excluding hydrogens is 236 g/mol. The van der Waals surface area contributed by atoms with Crippen LogP contribution in [-0.4, -0.2) is 27.9 Å². The molecule has 1 heterocycles. The quantitative estimate of drug-likeness (QED) is 0.530. The molecule has 1 aromatic rings. The van der Waals surface area contributed by atoms with Crippen LogP contribution in [0.2, 0.25) is 0 Å². The first-order valence-electron chi connectivity index (χ1n) is 5.82. The Balaban J connectivity index is 2.08. The zero-order valence-corrected chi connectivity index (χ0v) is 10.1. The SMILES string of the molecule is CC(CN)(NC(=O)c1ccc([N+](=O)[O-])[nH]1)C1CC1. The summed E-state index contributed by atoms with van der Waals surface area (Å²) in [6.07, 6.45) is 2.11. The van der Waals surface area contributed by atoms with E-state index in [4.69, 9.17) is 5.73 Å². The van der Waals surface area contributed by atoms with Gasteiger partial charge in [-0.3, -0.25) is 4.79 Å². The van der Waals surface area contributed by atoms with Crippen molar-refractivity contribution in [2.24, 2.45) is 11.7 Å². The minimum absolute atomic E-state index is 0.182. The number of nitrogens with one attached hydrogen (secondary N) is 2. The van der Waals surface area contributed by atoms with Crippen molar-refractivity contribution in [2.75, 3.05) is 6.54 Å². The molecule has 1 unspecified atom stereocenters. The highest BCUT2D eigenvalue weighted by Gasteiger charge is 2.42. The molecule has 0 bridgehead atoms. The first kappa shape index (κ1) is 12.6. The molecule has 7 heteroatoms. The van der Waals surface area contributed by atoms with Gasteiger partial charge in [-0.05, 0) is 36.7 Å². The number of rotatable bonds is 5. The molecule has 1 saturated carbocycles. The Morgan fingerprint density at radius 1 is 1.67 bits per heavy atom. The molecule has 0 aliphatic heterocycles. The van der Waals surface area contributed by atoms with E-state index in [-0.39, 0.29) is 17.4 Å². The number of H-pyrrole nitrogens is 1. The van der Waals surface area contributed by atoms with Crippen LogP contribution in [0, 0.1) is 16.0 Å². The van der Waals surface area contributed by atoms with Gasteiger partial charge in [0.2, 0.25) is 0 Å². The topological polar surface area (TPSA) is 114 Å². The number of amides is 1. The molecule has 0 radical (unpaired) electrons. The van der Waals surface area contributed by atoms with E-state index in [1.165, 1.54) is 12.1 Å². The van der Waals surface area contributed by atoms with Crippen molar-refractivity contribution < 1.29 is 9.72 Å². The molecule has 1 atom stereocenters. The lowest BCUT2D eigenvalue weighted by Gasteiger charge is -2.28. The predicted molar refractivity (Wildman–Crippen MR) is 65.1 cm³/mol. The second-order valence-corrected chi connectivity index (χ2v) is 4.86. The normalized spacial score (nSPS) is 18.1. The summed E-state index contributed by atoms with van der Waals surface area (Å²) in [6, 6.07) is 2.67. The van der Waals surface area contributed by atoms with Crippen LogP contribution < -0.4 is 11.1 Å². The number of nitrogens with zero attached hydrogens (tertiary/aromatic N) is 1. The van der Waals surface area contributed by atoms with Gasteiger partial charge in [-0.15, -0.1) is 0 Å². The fraction of sp³-hybridized carbons (Fsp3) is 0.545. The van der Waals surface area contributed by atoms with E-state index in [0.717, 1.165) is 12.8 Å². The van der Waals surface area contributed by atoms with Crippen LogP contribution in [0.25, 0.3) is 0 Å². The molecule has 18 heavy (non-hydrogen) atoms. The van der Waals surface area contributed by atoms with Gasteiger partial charge < -0.3 is 21.2 Å². The van der Waals surface area contributed by atoms with Crippen molar-refractivity contribution >= 4 is 11.7 Å². The standard InChI is InChI=1S/C11H16N4O3/c1-11(6-12,7-2-3-7)14-10(16)8-4-5-9(13-8)15(17)18/h4-5,7,13H,2-3,6,12H2,1H3,(H,14,16). The summed E-state index contributed by atoms with van der Waals surface area (Å²) in [7, 11) is 0. The third-order valence-electron chi connectivity index (χ3n) is 3.41. The molecule has 7 nitrogen and oxygen atoms in total. The number of hydrogen-bond acceptors (Lipinski definition) is 4. The highest BCUT2D eigenvalue weighted by Crippen LogP contribution is 2.39. The molecule has 0 saturated heterocycles. The van der Waals surface area contributed by atoms with Gasteiger partial charge in [0.15, 0.2) is 5.69 Å². The van der Waals surface area contributed by atoms with Crippen LogP contribution in [0.1, 0.15) is 30.3 Å². The Bertz CT molecular complexity index is 480. The van der Waals surface area contributed by atoms with Gasteiger partial charge in [-0.2, -0.15) is 0 Å². The fourth-order valence-electron chi connectivity index (χ4n) is 1.99. The lowest BCUT2D eigenvalue weighted by molar-refractivity contribution is -0.389. The monoisotopic (exact) mass is 252 g/mol. The van der Waals surface area contributed by atoms with Crippen LogP contribution in [0.15, 0.2) is 12.1 Å². The molecule has 4 N–H and O–H groups in total. The number of nitrogens with two attached hydrogens (primary N) is 1. The zero-order valence-electron chi connectivity index (χ0n) is 10.1. The summed E-state index contributed by atoms with van der Waals surface area (Å²) < 4.78 is 0. The van der Waals surface area contributed by atoms with E-state index in [0.29, 0.717) is 12.5 Å². The average molecular weight is 252 g/mol. The van der Waals surface area contributed by atoms with Crippen molar-refractivity contribution in [1.29, 1.82) is 0 Å². The Labute approximate surface area is 104 Å². The van der Waals surface area contributed by atoms with E-state index in [9.17, 15) is 14.9 Å². The van der Waals surface area contributed by atoms with Crippen LogP contribution in [0.4, 0.5) is 5.82 Å². The number of nitro groups is 1. The molecule has 1 amide bonds. The Morgan fingerprint density at radius 3 is 2.78 bits per heavy atom. The van der Waals surface area contributed by atoms with Crippen molar-refractivity contribution in [1.82, 2.24) is 10.3 Å². The summed E-state index contributed by atoms with van der Waals surface area (Å²) >= 11 is 0. The van der Waals surface area contributed by atoms with E-state index in [2.05, 4.69) is 10.3 Å². The first-order valence-corrected chi connectivity index (χ1v) is 5.82. The van der Waals surface area contributed by atoms with Crippen LogP contribution in [-0.2, 0) is 0 Å². The average Bonchev–Trinajstić information content (AvgIpc) is 3.06. The van der Waals surface area contributed by atoms with Crippen molar-refractivity contribution in [3.63, 3.8) is 0 Å². The molecule has 1 fully saturated rings. The van der Waals surface area contributed by atoms with E-state index >= 15 is 0 Å². The third kappa shape index (κ3) is 2.35. The smallest absolute Gasteiger partial charge is 0.321 e. The lowest BCUT2D eigenvalue weighted by Crippen LogP contribution is -2.53. The summed E-state index contributed by atoms with van der Waals surface area (Å²) in [5.41, 5.74) is 5.44. The number of carbonyl (C=O) groups excluding carboxylic acids is 1. The summed E-state index contributed by atoms with van der Waals surface area (Å²) in [5.74, 6) is -0.152. The molecule has 2 rings (SSSR count). The van der Waals surface area contributed by atoms with Gasteiger partial charge in [0, 0.05) is 12.6 Å². The van der Waals surface area contributed by atoms with Crippen molar-refractivity contribution in [3.8, 4) is 0 Å². The maximum Gasteiger partial charge on any atom is 0.321 e. The van der Waals surface area contributed by atoms with Gasteiger partial charge in [-0.25, -0.2) is 4.98 Å². The number of hydrogen-bond donors (Lipinski definition) is 3. The second kappa shape index (κ2) is 4.41. The van der Waals surface area contributed by atoms with Gasteiger partial charge in [0.25, 0.3) is 5.91 Å². The van der Waals surface area contributed by atoms with Gasteiger partial charge in [-0.1, -0.05) is 0 Å². The summed E-state index contributed by atoms with van der Waals surface area (Å²) in [4.78, 5) is 24.4. The highest BCUT2D eigenvalue weighted by molar-refractivity contribution is 5.93. The van der Waals surface area contributed by atoms with E-state index < -0.39 is 10.5 Å². The van der Waals surface area contributed by atoms with Crippen LogP contribution >= 0.6 is 0 Å².